The lowest BCUT2D eigenvalue weighted by Gasteiger charge is -2.28. The Balaban J connectivity index is 2.12. The molecular weight excluding hydrogens is 252 g/mol. The molecule has 0 atom stereocenters. The summed E-state index contributed by atoms with van der Waals surface area (Å²) >= 11 is 5.86. The van der Waals surface area contributed by atoms with Crippen molar-refractivity contribution in [3.05, 3.63) is 12.0 Å². The Morgan fingerprint density at radius 2 is 2.11 bits per heavy atom. The topological polar surface area (TPSA) is 55.5 Å². The summed E-state index contributed by atoms with van der Waals surface area (Å²) in [5.41, 5.74) is 1.69. The van der Waals surface area contributed by atoms with E-state index in [1.807, 2.05) is 18.4 Å². The fourth-order valence-corrected chi connectivity index (χ4v) is 2.31. The summed E-state index contributed by atoms with van der Waals surface area (Å²) in [7, 11) is 1.96. The van der Waals surface area contributed by atoms with E-state index in [-0.39, 0.29) is 0 Å². The Hall–Kier alpha value is -1.34. The van der Waals surface area contributed by atoms with Gasteiger partial charge in [0.05, 0.1) is 19.1 Å². The number of halogens is 1. The number of morpholine rings is 1. The van der Waals surface area contributed by atoms with Crippen LogP contribution in [0.2, 0.25) is 0 Å². The van der Waals surface area contributed by atoms with Crippen molar-refractivity contribution in [1.82, 2.24) is 19.6 Å². The fraction of sp³-hybridized carbons (Fsp3) is 0.500. The number of hydrogen-bond acceptors (Lipinski definition) is 5. The molecule has 1 aliphatic rings. The number of anilines is 1. The maximum atomic E-state index is 5.86. The number of nitrogens with zero attached hydrogens (tertiary/aromatic N) is 5. The summed E-state index contributed by atoms with van der Waals surface area (Å²) in [6.45, 7) is 3.10. The third-order valence-corrected chi connectivity index (χ3v) is 3.23. The molecular formula is C10H13BClN5O. The average molecular weight is 266 g/mol. The van der Waals surface area contributed by atoms with Crippen LogP contribution in [0.4, 0.5) is 5.82 Å². The second-order valence-electron chi connectivity index (χ2n) is 4.25. The van der Waals surface area contributed by atoms with Crippen molar-refractivity contribution in [3.63, 3.8) is 0 Å². The standard InChI is InChI=1S/C10H13BClN5O/c11-7-6-17-8(5-12)14-15-10(17)9(13-7)16-1-3-18-4-2-16/h6H,1-5,11H2. The Morgan fingerprint density at radius 3 is 2.83 bits per heavy atom. The van der Waals surface area contributed by atoms with Crippen LogP contribution in [0.1, 0.15) is 5.82 Å². The van der Waals surface area contributed by atoms with Gasteiger partial charge in [0.25, 0.3) is 0 Å². The van der Waals surface area contributed by atoms with Crippen molar-refractivity contribution in [3.8, 4) is 0 Å². The van der Waals surface area contributed by atoms with Gasteiger partial charge in [-0.05, 0) is 0 Å². The van der Waals surface area contributed by atoms with Crippen LogP contribution < -0.4 is 10.5 Å². The molecule has 0 aromatic carbocycles. The van der Waals surface area contributed by atoms with Gasteiger partial charge in [-0.3, -0.25) is 4.40 Å². The van der Waals surface area contributed by atoms with Crippen molar-refractivity contribution in [2.45, 2.75) is 5.88 Å². The lowest BCUT2D eigenvalue weighted by atomic mass is 10.1. The minimum absolute atomic E-state index is 0.340. The summed E-state index contributed by atoms with van der Waals surface area (Å²) in [5, 5.41) is 8.28. The first-order valence-electron chi connectivity index (χ1n) is 5.89. The van der Waals surface area contributed by atoms with Gasteiger partial charge in [-0.15, -0.1) is 21.8 Å². The van der Waals surface area contributed by atoms with Gasteiger partial charge in [0.2, 0.25) is 5.65 Å². The molecule has 8 heteroatoms. The van der Waals surface area contributed by atoms with Crippen LogP contribution in [0, 0.1) is 0 Å². The van der Waals surface area contributed by atoms with E-state index in [1.165, 1.54) is 0 Å². The molecule has 0 aliphatic carbocycles. The van der Waals surface area contributed by atoms with E-state index in [1.54, 1.807) is 0 Å². The number of aromatic nitrogens is 4. The molecule has 1 aliphatic heterocycles. The third kappa shape index (κ3) is 1.93. The average Bonchev–Trinajstić information content (AvgIpc) is 2.81. The van der Waals surface area contributed by atoms with Crippen molar-refractivity contribution >= 4 is 36.5 Å². The third-order valence-electron chi connectivity index (χ3n) is 2.99. The van der Waals surface area contributed by atoms with Crippen molar-refractivity contribution in [2.24, 2.45) is 0 Å². The van der Waals surface area contributed by atoms with E-state index in [4.69, 9.17) is 16.3 Å². The molecule has 6 nitrogen and oxygen atoms in total. The molecule has 0 N–H and O–H groups in total. The molecule has 0 unspecified atom stereocenters. The highest BCUT2D eigenvalue weighted by Crippen LogP contribution is 2.18. The Kier molecular flexibility index (Phi) is 3.09. The number of hydrogen-bond donors (Lipinski definition) is 0. The van der Waals surface area contributed by atoms with Crippen molar-refractivity contribution < 1.29 is 4.74 Å². The molecule has 3 heterocycles. The first-order valence-corrected chi connectivity index (χ1v) is 6.43. The summed E-state index contributed by atoms with van der Waals surface area (Å²) in [6.07, 6.45) is 1.91. The van der Waals surface area contributed by atoms with Crippen LogP contribution in [0.25, 0.3) is 5.65 Å². The molecule has 2 aromatic rings. The zero-order valence-corrected chi connectivity index (χ0v) is 10.9. The highest BCUT2D eigenvalue weighted by Gasteiger charge is 2.18. The van der Waals surface area contributed by atoms with E-state index in [0.717, 1.165) is 49.2 Å². The molecule has 1 saturated heterocycles. The number of fused-ring (bicyclic) bond motifs is 1. The largest absolute Gasteiger partial charge is 0.378 e. The Morgan fingerprint density at radius 1 is 1.33 bits per heavy atom. The van der Waals surface area contributed by atoms with Gasteiger partial charge in [-0.25, -0.2) is 4.98 Å². The van der Waals surface area contributed by atoms with E-state index in [0.29, 0.717) is 5.88 Å². The normalized spacial score (nSPS) is 16.4. The molecule has 18 heavy (non-hydrogen) atoms. The zero-order chi connectivity index (χ0) is 12.5. The molecule has 1 fully saturated rings. The summed E-state index contributed by atoms with van der Waals surface area (Å²) < 4.78 is 7.27. The zero-order valence-electron chi connectivity index (χ0n) is 10.1. The van der Waals surface area contributed by atoms with Gasteiger partial charge < -0.3 is 9.64 Å². The second-order valence-corrected chi connectivity index (χ2v) is 4.52. The quantitative estimate of drug-likeness (QED) is 0.513. The molecule has 0 bridgehead atoms. The highest BCUT2D eigenvalue weighted by molar-refractivity contribution is 6.30. The van der Waals surface area contributed by atoms with Gasteiger partial charge in [-0.1, -0.05) is 0 Å². The van der Waals surface area contributed by atoms with Crippen molar-refractivity contribution in [2.75, 3.05) is 31.2 Å². The molecule has 2 aromatic heterocycles. The van der Waals surface area contributed by atoms with Gasteiger partial charge in [0.15, 0.2) is 19.5 Å². The molecule has 0 saturated carbocycles. The van der Waals surface area contributed by atoms with Crippen LogP contribution in [-0.4, -0.2) is 53.7 Å². The lowest BCUT2D eigenvalue weighted by molar-refractivity contribution is 0.122. The fourth-order valence-electron chi connectivity index (χ4n) is 2.12. The predicted molar refractivity (Wildman–Crippen MR) is 71.5 cm³/mol. The van der Waals surface area contributed by atoms with Gasteiger partial charge in [0, 0.05) is 24.9 Å². The number of alkyl halides is 1. The number of rotatable bonds is 2. The van der Waals surface area contributed by atoms with Crippen molar-refractivity contribution in [1.29, 1.82) is 0 Å². The SMILES string of the molecule is Bc1cn2c(CCl)nnc2c(N2CCOCC2)n1. The van der Waals surface area contributed by atoms with E-state index < -0.39 is 0 Å². The molecule has 3 rings (SSSR count). The van der Waals surface area contributed by atoms with Crippen LogP contribution in [0.3, 0.4) is 0 Å². The van der Waals surface area contributed by atoms with Gasteiger partial charge in [0.1, 0.15) is 0 Å². The van der Waals surface area contributed by atoms with E-state index >= 15 is 0 Å². The lowest BCUT2D eigenvalue weighted by Crippen LogP contribution is -2.38. The second kappa shape index (κ2) is 4.74. The van der Waals surface area contributed by atoms with Crippen LogP contribution in [0.15, 0.2) is 6.20 Å². The first kappa shape index (κ1) is 11.7. The van der Waals surface area contributed by atoms with E-state index in [9.17, 15) is 0 Å². The molecule has 94 valence electrons. The Bertz CT molecular complexity index is 569. The maximum absolute atomic E-state index is 5.86. The molecule has 0 amide bonds. The molecule has 0 spiro atoms. The summed E-state index contributed by atoms with van der Waals surface area (Å²) in [4.78, 5) is 6.76. The maximum Gasteiger partial charge on any atom is 0.203 e. The summed E-state index contributed by atoms with van der Waals surface area (Å²) in [6, 6.07) is 0. The van der Waals surface area contributed by atoms with Crippen LogP contribution >= 0.6 is 11.6 Å². The minimum atomic E-state index is 0.340. The Labute approximate surface area is 110 Å². The smallest absolute Gasteiger partial charge is 0.203 e. The monoisotopic (exact) mass is 265 g/mol. The van der Waals surface area contributed by atoms with Gasteiger partial charge >= 0.3 is 0 Å². The predicted octanol–water partition coefficient (Wildman–Crippen LogP) is -1.04. The van der Waals surface area contributed by atoms with Crippen LogP contribution in [0.5, 0.6) is 0 Å². The van der Waals surface area contributed by atoms with Crippen LogP contribution in [-0.2, 0) is 10.6 Å². The highest BCUT2D eigenvalue weighted by atomic mass is 35.5. The number of ether oxygens (including phenoxy) is 1. The summed E-state index contributed by atoms with van der Waals surface area (Å²) in [5.74, 6) is 1.95. The molecule has 0 radical (unpaired) electrons. The van der Waals surface area contributed by atoms with Gasteiger partial charge in [-0.2, -0.15) is 0 Å². The minimum Gasteiger partial charge on any atom is -0.378 e. The first-order chi connectivity index (χ1) is 8.79. The van der Waals surface area contributed by atoms with E-state index in [2.05, 4.69) is 20.1 Å².